The molecule has 0 N–H and O–H groups in total. The average molecular weight is 301 g/mol. The predicted octanol–water partition coefficient (Wildman–Crippen LogP) is 1.83. The van der Waals surface area contributed by atoms with Crippen LogP contribution in [0.1, 0.15) is 12.0 Å². The van der Waals surface area contributed by atoms with Crippen LogP contribution in [0.25, 0.3) is 11.0 Å². The second-order valence-electron chi connectivity index (χ2n) is 5.72. The zero-order valence-electron chi connectivity index (χ0n) is 12.6. The molecule has 1 fully saturated rings. The fraction of sp³-hybridized carbons (Fsp3) is 0.412. The lowest BCUT2D eigenvalue weighted by atomic mass is 9.98. The fourth-order valence-corrected chi connectivity index (χ4v) is 3.00. The number of carbonyl (C=O) groups excluding carboxylic acids is 1. The second-order valence-corrected chi connectivity index (χ2v) is 5.72. The summed E-state index contributed by atoms with van der Waals surface area (Å²) in [5, 5.41) is 0.593. The van der Waals surface area contributed by atoms with E-state index in [1.165, 1.54) is 12.3 Å². The zero-order chi connectivity index (χ0) is 15.5. The number of benzene rings is 1. The van der Waals surface area contributed by atoms with E-state index in [0.717, 1.165) is 18.5 Å². The van der Waals surface area contributed by atoms with Gasteiger partial charge in [-0.3, -0.25) is 9.59 Å². The van der Waals surface area contributed by atoms with Crippen molar-refractivity contribution in [2.45, 2.75) is 12.8 Å². The van der Waals surface area contributed by atoms with Gasteiger partial charge in [0.2, 0.25) is 5.91 Å². The van der Waals surface area contributed by atoms with Gasteiger partial charge >= 0.3 is 0 Å². The molecule has 2 heterocycles. The predicted molar refractivity (Wildman–Crippen MR) is 82.8 cm³/mol. The van der Waals surface area contributed by atoms with Crippen molar-refractivity contribution in [3.63, 3.8) is 0 Å². The lowest BCUT2D eigenvalue weighted by molar-refractivity contribution is -0.128. The highest BCUT2D eigenvalue weighted by Crippen LogP contribution is 2.23. The molecule has 3 rings (SSSR count). The van der Waals surface area contributed by atoms with Crippen LogP contribution in [0.15, 0.2) is 39.7 Å². The van der Waals surface area contributed by atoms with Crippen LogP contribution in [0.3, 0.4) is 0 Å². The van der Waals surface area contributed by atoms with E-state index in [0.29, 0.717) is 36.5 Å². The summed E-state index contributed by atoms with van der Waals surface area (Å²) in [7, 11) is 1.64. The Morgan fingerprint density at radius 3 is 3.00 bits per heavy atom. The number of likely N-dealkylation sites (tertiary alicyclic amines) is 1. The Bertz CT molecular complexity index is 737. The molecule has 116 valence electrons. The van der Waals surface area contributed by atoms with Gasteiger partial charge in [0.15, 0.2) is 5.43 Å². The van der Waals surface area contributed by atoms with Gasteiger partial charge in [0, 0.05) is 32.7 Å². The second kappa shape index (κ2) is 6.32. The lowest BCUT2D eigenvalue weighted by Crippen LogP contribution is -2.28. The van der Waals surface area contributed by atoms with Gasteiger partial charge in [-0.15, -0.1) is 0 Å². The average Bonchev–Trinajstić information content (AvgIpc) is 2.85. The molecule has 1 amide bonds. The topological polar surface area (TPSA) is 59.8 Å². The van der Waals surface area contributed by atoms with Crippen LogP contribution >= 0.6 is 0 Å². The number of amides is 1. The number of ether oxygens (including phenoxy) is 1. The number of fused-ring (bicyclic) bond motifs is 1. The fourth-order valence-electron chi connectivity index (χ4n) is 3.00. The summed E-state index contributed by atoms with van der Waals surface area (Å²) in [6.45, 7) is 1.98. The molecular weight excluding hydrogens is 282 g/mol. The first-order chi connectivity index (χ1) is 10.7. The molecule has 0 aliphatic carbocycles. The normalized spacial score (nSPS) is 18.3. The number of carbonyl (C=O) groups is 1. The van der Waals surface area contributed by atoms with E-state index >= 15 is 0 Å². The number of hydrogen-bond acceptors (Lipinski definition) is 4. The highest BCUT2D eigenvalue weighted by Gasteiger charge is 2.29. The van der Waals surface area contributed by atoms with Crippen molar-refractivity contribution in [3.05, 3.63) is 46.3 Å². The largest absolute Gasteiger partial charge is 0.464 e. The Morgan fingerprint density at radius 1 is 1.32 bits per heavy atom. The van der Waals surface area contributed by atoms with Gasteiger partial charge in [-0.25, -0.2) is 0 Å². The van der Waals surface area contributed by atoms with E-state index in [2.05, 4.69) is 0 Å². The minimum Gasteiger partial charge on any atom is -0.464 e. The molecule has 1 aliphatic rings. The van der Waals surface area contributed by atoms with Gasteiger partial charge in [-0.05, 0) is 30.0 Å². The lowest BCUT2D eigenvalue weighted by Gasteiger charge is -2.16. The molecule has 0 saturated carbocycles. The summed E-state index contributed by atoms with van der Waals surface area (Å²) in [5.74, 6) is 0.492. The van der Waals surface area contributed by atoms with Crippen LogP contribution in [0.2, 0.25) is 0 Å². The van der Waals surface area contributed by atoms with Gasteiger partial charge in [-0.1, -0.05) is 6.07 Å². The molecule has 1 unspecified atom stereocenters. The standard InChI is InChI=1S/C17H19NO4/c1-21-7-5-18-11-13(10-17(18)20)8-12-2-3-14-15(19)4-6-22-16(14)9-12/h2-4,6,9,13H,5,7-8,10-11H2,1H3. The Hall–Kier alpha value is -2.14. The zero-order valence-corrected chi connectivity index (χ0v) is 12.6. The molecule has 22 heavy (non-hydrogen) atoms. The van der Waals surface area contributed by atoms with Crippen LogP contribution in [0.5, 0.6) is 0 Å². The Balaban J connectivity index is 1.71. The third-order valence-corrected chi connectivity index (χ3v) is 4.11. The number of rotatable bonds is 5. The summed E-state index contributed by atoms with van der Waals surface area (Å²) in [6, 6.07) is 7.07. The Labute approximate surface area is 128 Å². The van der Waals surface area contributed by atoms with Gasteiger partial charge in [0.1, 0.15) is 5.58 Å². The first kappa shape index (κ1) is 14.8. The minimum absolute atomic E-state index is 0.0328. The summed E-state index contributed by atoms with van der Waals surface area (Å²) < 4.78 is 10.4. The van der Waals surface area contributed by atoms with Crippen molar-refractivity contribution in [1.29, 1.82) is 0 Å². The summed E-state index contributed by atoms with van der Waals surface area (Å²) in [4.78, 5) is 25.5. The smallest absolute Gasteiger partial charge is 0.223 e. The van der Waals surface area contributed by atoms with E-state index < -0.39 is 0 Å². The Kier molecular flexibility index (Phi) is 4.24. The maximum absolute atomic E-state index is 11.9. The summed E-state index contributed by atoms with van der Waals surface area (Å²) in [6.07, 6.45) is 2.80. The Morgan fingerprint density at radius 2 is 2.18 bits per heavy atom. The highest BCUT2D eigenvalue weighted by atomic mass is 16.5. The maximum Gasteiger partial charge on any atom is 0.223 e. The van der Waals surface area contributed by atoms with Crippen molar-refractivity contribution in [3.8, 4) is 0 Å². The quantitative estimate of drug-likeness (QED) is 0.845. The molecule has 0 radical (unpaired) electrons. The van der Waals surface area contributed by atoms with E-state index in [9.17, 15) is 9.59 Å². The van der Waals surface area contributed by atoms with Crippen molar-refractivity contribution in [2.24, 2.45) is 5.92 Å². The van der Waals surface area contributed by atoms with Crippen LogP contribution in [0.4, 0.5) is 0 Å². The van der Waals surface area contributed by atoms with E-state index in [4.69, 9.17) is 9.15 Å². The number of nitrogens with zero attached hydrogens (tertiary/aromatic N) is 1. The third kappa shape index (κ3) is 3.04. The number of methoxy groups -OCH3 is 1. The van der Waals surface area contributed by atoms with E-state index in [-0.39, 0.29) is 11.3 Å². The van der Waals surface area contributed by atoms with E-state index in [1.54, 1.807) is 13.2 Å². The van der Waals surface area contributed by atoms with Gasteiger partial charge in [-0.2, -0.15) is 0 Å². The summed E-state index contributed by atoms with van der Waals surface area (Å²) >= 11 is 0. The first-order valence-corrected chi connectivity index (χ1v) is 7.44. The van der Waals surface area contributed by atoms with Crippen LogP contribution < -0.4 is 5.43 Å². The molecule has 0 bridgehead atoms. The van der Waals surface area contributed by atoms with Crippen LogP contribution in [-0.4, -0.2) is 37.6 Å². The molecule has 1 aromatic carbocycles. The molecule has 1 atom stereocenters. The van der Waals surface area contributed by atoms with Gasteiger partial charge < -0.3 is 14.1 Å². The molecule has 1 aromatic heterocycles. The van der Waals surface area contributed by atoms with Crippen LogP contribution in [0, 0.1) is 5.92 Å². The maximum atomic E-state index is 11.9. The monoisotopic (exact) mass is 301 g/mol. The molecule has 5 heteroatoms. The molecule has 0 spiro atoms. The van der Waals surface area contributed by atoms with Crippen molar-refractivity contribution >= 4 is 16.9 Å². The highest BCUT2D eigenvalue weighted by molar-refractivity contribution is 5.79. The van der Waals surface area contributed by atoms with Crippen LogP contribution in [-0.2, 0) is 16.0 Å². The van der Waals surface area contributed by atoms with E-state index in [1.807, 2.05) is 17.0 Å². The molecule has 1 saturated heterocycles. The molecule has 2 aromatic rings. The minimum atomic E-state index is -0.0328. The van der Waals surface area contributed by atoms with Gasteiger partial charge in [0.05, 0.1) is 18.3 Å². The SMILES string of the molecule is COCCN1CC(Cc2ccc3c(=O)ccoc3c2)CC1=O. The molecule has 5 nitrogen and oxygen atoms in total. The number of hydrogen-bond donors (Lipinski definition) is 0. The van der Waals surface area contributed by atoms with Crippen molar-refractivity contribution in [2.75, 3.05) is 26.8 Å². The molecular formula is C17H19NO4. The van der Waals surface area contributed by atoms with Gasteiger partial charge in [0.25, 0.3) is 0 Å². The molecule has 1 aliphatic heterocycles. The summed E-state index contributed by atoms with van der Waals surface area (Å²) in [5.41, 5.74) is 1.66. The third-order valence-electron chi connectivity index (χ3n) is 4.11. The van der Waals surface area contributed by atoms with Crippen molar-refractivity contribution in [1.82, 2.24) is 4.90 Å². The first-order valence-electron chi connectivity index (χ1n) is 7.44. The van der Waals surface area contributed by atoms with Crippen molar-refractivity contribution < 1.29 is 13.9 Å².